The summed E-state index contributed by atoms with van der Waals surface area (Å²) in [7, 11) is 0. The Morgan fingerprint density at radius 3 is 2.54 bits per heavy atom. The van der Waals surface area contributed by atoms with Crippen molar-refractivity contribution in [3.8, 4) is 0 Å². The van der Waals surface area contributed by atoms with Crippen molar-refractivity contribution in [1.29, 1.82) is 0 Å². The number of carbonyl (C=O) groups is 2. The summed E-state index contributed by atoms with van der Waals surface area (Å²) in [4.78, 5) is 29.7. The average molecular weight is 358 g/mol. The molecule has 1 aromatic heterocycles. The van der Waals surface area contributed by atoms with Gasteiger partial charge in [-0.1, -0.05) is 0 Å². The third-order valence-corrected chi connectivity index (χ3v) is 6.58. The van der Waals surface area contributed by atoms with Gasteiger partial charge < -0.3 is 9.80 Å². The number of carbonyl (C=O) groups excluding carboxylic acids is 2. The zero-order chi connectivity index (χ0) is 18.4. The summed E-state index contributed by atoms with van der Waals surface area (Å²) in [6.45, 7) is 8.98. The highest BCUT2D eigenvalue weighted by Crippen LogP contribution is 2.35. The molecule has 0 radical (unpaired) electrons. The molecule has 3 aliphatic heterocycles. The van der Waals surface area contributed by atoms with Gasteiger partial charge in [-0.05, 0) is 57.9 Å². The molecule has 1 saturated carbocycles. The van der Waals surface area contributed by atoms with Crippen molar-refractivity contribution in [2.75, 3.05) is 19.6 Å². The fraction of sp³-hybridized carbons (Fsp3) is 0.750. The average Bonchev–Trinajstić information content (AvgIpc) is 3.43. The molecule has 0 N–H and O–H groups in total. The molecule has 6 nitrogen and oxygen atoms in total. The minimum absolute atomic E-state index is 0.00683. The van der Waals surface area contributed by atoms with Crippen molar-refractivity contribution in [3.05, 3.63) is 17.0 Å². The maximum atomic E-state index is 12.8. The molecule has 0 aromatic carbocycles. The molecule has 5 rings (SSSR count). The first-order chi connectivity index (χ1) is 12.4. The molecule has 0 unspecified atom stereocenters. The van der Waals surface area contributed by atoms with Gasteiger partial charge in [-0.3, -0.25) is 14.3 Å². The molecule has 2 atom stereocenters. The second-order valence-electron chi connectivity index (χ2n) is 8.43. The van der Waals surface area contributed by atoms with E-state index in [-0.39, 0.29) is 23.8 Å². The Hall–Kier alpha value is -1.85. The number of fused-ring (bicyclic) bond motifs is 4. The van der Waals surface area contributed by atoms with Crippen molar-refractivity contribution in [2.45, 2.75) is 65.5 Å². The Labute approximate surface area is 155 Å². The van der Waals surface area contributed by atoms with Gasteiger partial charge in [0.25, 0.3) is 0 Å². The molecular weight excluding hydrogens is 328 g/mol. The predicted molar refractivity (Wildman–Crippen MR) is 98.6 cm³/mol. The van der Waals surface area contributed by atoms with Crippen LogP contribution in [0.4, 0.5) is 0 Å². The van der Waals surface area contributed by atoms with E-state index >= 15 is 0 Å². The van der Waals surface area contributed by atoms with Crippen LogP contribution in [0.25, 0.3) is 0 Å². The van der Waals surface area contributed by atoms with E-state index in [0.29, 0.717) is 32.0 Å². The first-order valence-electron chi connectivity index (χ1n) is 10.0. The molecule has 1 aliphatic carbocycles. The largest absolute Gasteiger partial charge is 0.340 e. The molecule has 6 heteroatoms. The van der Waals surface area contributed by atoms with Crippen LogP contribution < -0.4 is 0 Å². The maximum absolute atomic E-state index is 12.8. The number of aromatic nitrogens is 2. The van der Waals surface area contributed by atoms with Crippen molar-refractivity contribution in [3.63, 3.8) is 0 Å². The molecule has 1 aromatic rings. The number of amides is 2. The Morgan fingerprint density at radius 2 is 1.88 bits per heavy atom. The summed E-state index contributed by atoms with van der Waals surface area (Å²) < 4.78 is 1.94. The number of aryl methyl sites for hydroxylation is 2. The van der Waals surface area contributed by atoms with Crippen molar-refractivity contribution in [1.82, 2.24) is 19.6 Å². The van der Waals surface area contributed by atoms with E-state index in [1.165, 1.54) is 18.4 Å². The number of rotatable bonds is 5. The molecule has 4 heterocycles. The van der Waals surface area contributed by atoms with Gasteiger partial charge in [0.15, 0.2) is 0 Å². The molecule has 142 valence electrons. The van der Waals surface area contributed by atoms with E-state index in [9.17, 15) is 9.59 Å². The first kappa shape index (κ1) is 17.6. The lowest BCUT2D eigenvalue weighted by molar-refractivity contribution is -0.140. The van der Waals surface area contributed by atoms with Crippen molar-refractivity contribution >= 4 is 11.8 Å². The van der Waals surface area contributed by atoms with E-state index < -0.39 is 0 Å². The SMILES string of the molecule is Cc1nn(CCC(=O)N2C[C@H]3CC[C@@H](C2)N(CC2CC2)C3=O)c(C)c1C. The maximum Gasteiger partial charge on any atom is 0.227 e. The van der Waals surface area contributed by atoms with E-state index in [0.717, 1.165) is 30.8 Å². The van der Waals surface area contributed by atoms with Gasteiger partial charge in [0.05, 0.1) is 11.6 Å². The standard InChI is InChI=1S/C20H30N4O2/c1-13-14(2)21-24(15(13)3)9-8-19(25)22-11-17-6-7-18(12-22)23(20(17)26)10-16-4-5-16/h16-18H,4-12H2,1-3H3/t17-,18+/m1/s1. The minimum Gasteiger partial charge on any atom is -0.340 e. The highest BCUT2D eigenvalue weighted by molar-refractivity contribution is 5.83. The quantitative estimate of drug-likeness (QED) is 0.809. The fourth-order valence-corrected chi connectivity index (χ4v) is 4.43. The monoisotopic (exact) mass is 358 g/mol. The lowest BCUT2D eigenvalue weighted by atomic mass is 9.94. The molecular formula is C20H30N4O2. The Balaban J connectivity index is 1.40. The number of nitrogens with zero attached hydrogens (tertiary/aromatic N) is 4. The van der Waals surface area contributed by atoms with Crippen molar-refractivity contribution < 1.29 is 9.59 Å². The summed E-state index contributed by atoms with van der Waals surface area (Å²) in [5, 5.41) is 4.53. The summed E-state index contributed by atoms with van der Waals surface area (Å²) in [5.41, 5.74) is 3.37. The second kappa shape index (κ2) is 6.71. The Kier molecular flexibility index (Phi) is 4.53. The van der Waals surface area contributed by atoms with Crippen LogP contribution in [-0.4, -0.2) is 57.1 Å². The zero-order valence-electron chi connectivity index (χ0n) is 16.2. The number of hydrogen-bond acceptors (Lipinski definition) is 3. The van der Waals surface area contributed by atoms with E-state index in [2.05, 4.69) is 23.8 Å². The van der Waals surface area contributed by atoms with Gasteiger partial charge in [0.2, 0.25) is 11.8 Å². The van der Waals surface area contributed by atoms with Crippen LogP contribution >= 0.6 is 0 Å². The fourth-order valence-electron chi connectivity index (χ4n) is 4.43. The molecule has 3 saturated heterocycles. The van der Waals surface area contributed by atoms with Gasteiger partial charge >= 0.3 is 0 Å². The van der Waals surface area contributed by atoms with E-state index in [4.69, 9.17) is 0 Å². The lowest BCUT2D eigenvalue weighted by Crippen LogP contribution is -2.48. The number of piperidine rings is 1. The first-order valence-corrected chi connectivity index (χ1v) is 10.0. The van der Waals surface area contributed by atoms with Crippen LogP contribution in [-0.2, 0) is 16.1 Å². The third-order valence-electron chi connectivity index (χ3n) is 6.58. The highest BCUT2D eigenvalue weighted by atomic mass is 16.2. The van der Waals surface area contributed by atoms with Gasteiger partial charge in [0.1, 0.15) is 0 Å². The van der Waals surface area contributed by atoms with Crippen molar-refractivity contribution in [2.24, 2.45) is 11.8 Å². The highest BCUT2D eigenvalue weighted by Gasteiger charge is 2.43. The third kappa shape index (κ3) is 3.26. The van der Waals surface area contributed by atoms with Gasteiger partial charge in [0, 0.05) is 44.3 Å². The smallest absolute Gasteiger partial charge is 0.227 e. The van der Waals surface area contributed by atoms with E-state index in [1.54, 1.807) is 0 Å². The van der Waals surface area contributed by atoms with Crippen LogP contribution in [0.15, 0.2) is 0 Å². The van der Waals surface area contributed by atoms with Crippen LogP contribution in [0.5, 0.6) is 0 Å². The Morgan fingerprint density at radius 1 is 1.12 bits per heavy atom. The predicted octanol–water partition coefficient (Wildman–Crippen LogP) is 2.06. The van der Waals surface area contributed by atoms with Gasteiger partial charge in [-0.25, -0.2) is 0 Å². The zero-order valence-corrected chi connectivity index (χ0v) is 16.2. The van der Waals surface area contributed by atoms with Crippen LogP contribution in [0.1, 0.15) is 49.1 Å². The van der Waals surface area contributed by atoms with Crippen LogP contribution in [0.3, 0.4) is 0 Å². The molecule has 26 heavy (non-hydrogen) atoms. The molecule has 4 fully saturated rings. The molecule has 2 bridgehead atoms. The second-order valence-corrected chi connectivity index (χ2v) is 8.43. The Bertz CT molecular complexity index is 722. The topological polar surface area (TPSA) is 58.4 Å². The summed E-state index contributed by atoms with van der Waals surface area (Å²) in [6, 6.07) is 0.224. The van der Waals surface area contributed by atoms with Gasteiger partial charge in [-0.15, -0.1) is 0 Å². The molecule has 4 aliphatic rings. The van der Waals surface area contributed by atoms with Crippen LogP contribution in [0.2, 0.25) is 0 Å². The molecule has 0 spiro atoms. The van der Waals surface area contributed by atoms with E-state index in [1.807, 2.05) is 16.5 Å². The van der Waals surface area contributed by atoms with Gasteiger partial charge in [-0.2, -0.15) is 5.10 Å². The molecule has 2 amide bonds. The summed E-state index contributed by atoms with van der Waals surface area (Å²) in [5.74, 6) is 1.16. The minimum atomic E-state index is 0.00683. The van der Waals surface area contributed by atoms with Crippen LogP contribution in [0, 0.1) is 32.6 Å². The summed E-state index contributed by atoms with van der Waals surface area (Å²) >= 11 is 0. The summed E-state index contributed by atoms with van der Waals surface area (Å²) in [6.07, 6.45) is 4.95. The number of hydrogen-bond donors (Lipinski definition) is 0. The lowest BCUT2D eigenvalue weighted by Gasteiger charge is -2.36. The normalized spacial score (nSPS) is 25.7.